The van der Waals surface area contributed by atoms with Gasteiger partial charge < -0.3 is 14.7 Å². The molecule has 2 aliphatic rings. The van der Waals surface area contributed by atoms with Crippen molar-refractivity contribution in [2.75, 3.05) is 42.3 Å². The van der Waals surface area contributed by atoms with Crippen LogP contribution in [0.5, 0.6) is 0 Å². The Hall–Kier alpha value is -0.250. The van der Waals surface area contributed by atoms with Crippen molar-refractivity contribution in [1.29, 1.82) is 0 Å². The monoisotopic (exact) mass is 442 g/mol. The second-order valence-electron chi connectivity index (χ2n) is 6.43. The van der Waals surface area contributed by atoms with Crippen LogP contribution in [0.4, 0.5) is 0 Å². The molecule has 0 saturated heterocycles. The molecule has 0 aliphatic heterocycles. The third kappa shape index (κ3) is 3.32. The SMILES string of the molecule is CN(C)C1=[C-]C(C2CCCC2)C(N(C)C)=C1N(C)C.[Hf]. The Labute approximate surface area is 143 Å². The second-order valence-corrected chi connectivity index (χ2v) is 6.43. The van der Waals surface area contributed by atoms with Crippen molar-refractivity contribution in [3.8, 4) is 0 Å². The van der Waals surface area contributed by atoms with E-state index in [0.29, 0.717) is 5.92 Å². The summed E-state index contributed by atoms with van der Waals surface area (Å²) in [4.78, 5) is 6.74. The van der Waals surface area contributed by atoms with Crippen molar-refractivity contribution in [3.63, 3.8) is 0 Å². The van der Waals surface area contributed by atoms with Gasteiger partial charge in [-0.1, -0.05) is 43.0 Å². The first kappa shape index (κ1) is 17.8. The first-order valence-corrected chi connectivity index (χ1v) is 7.33. The van der Waals surface area contributed by atoms with Crippen LogP contribution in [0.25, 0.3) is 0 Å². The van der Waals surface area contributed by atoms with Gasteiger partial charge in [-0.15, -0.1) is 5.70 Å². The van der Waals surface area contributed by atoms with E-state index >= 15 is 0 Å². The second kappa shape index (κ2) is 7.15. The van der Waals surface area contributed by atoms with E-state index in [2.05, 4.69) is 63.1 Å². The molecule has 0 N–H and O–H groups in total. The molecule has 1 fully saturated rings. The normalized spacial score (nSPS) is 22.7. The van der Waals surface area contributed by atoms with Crippen molar-refractivity contribution in [2.24, 2.45) is 11.8 Å². The topological polar surface area (TPSA) is 9.72 Å². The fraction of sp³-hybridized carbons (Fsp3) is 0.750. The largest absolute Gasteiger partial charge is 0.450 e. The summed E-state index contributed by atoms with van der Waals surface area (Å²) in [7, 11) is 12.9. The molecule has 1 atom stereocenters. The third-order valence-electron chi connectivity index (χ3n) is 4.30. The number of nitrogens with zero attached hydrogens (tertiary/aromatic N) is 3. The number of allylic oxidation sites excluding steroid dienone is 1. The molecule has 0 aromatic heterocycles. The quantitative estimate of drug-likeness (QED) is 0.491. The van der Waals surface area contributed by atoms with Gasteiger partial charge in [0.15, 0.2) is 0 Å². The Kier molecular flexibility index (Phi) is 6.36. The molecule has 20 heavy (non-hydrogen) atoms. The summed E-state index contributed by atoms with van der Waals surface area (Å²) in [5, 5.41) is 0. The van der Waals surface area contributed by atoms with Gasteiger partial charge in [0.1, 0.15) is 0 Å². The molecule has 0 aromatic rings. The van der Waals surface area contributed by atoms with Crippen molar-refractivity contribution in [2.45, 2.75) is 25.7 Å². The van der Waals surface area contributed by atoms with E-state index < -0.39 is 0 Å². The van der Waals surface area contributed by atoms with Crippen LogP contribution in [0.1, 0.15) is 25.7 Å². The summed E-state index contributed by atoms with van der Waals surface area (Å²) in [5.41, 5.74) is 4.04. The van der Waals surface area contributed by atoms with Gasteiger partial charge >= 0.3 is 0 Å². The van der Waals surface area contributed by atoms with E-state index in [9.17, 15) is 0 Å². The van der Waals surface area contributed by atoms with Gasteiger partial charge in [0.25, 0.3) is 0 Å². The summed E-state index contributed by atoms with van der Waals surface area (Å²) >= 11 is 0. The van der Waals surface area contributed by atoms with Crippen molar-refractivity contribution < 1.29 is 25.8 Å². The first-order chi connectivity index (χ1) is 8.93. The Balaban J connectivity index is 0.00000200. The molecule has 0 radical (unpaired) electrons. The number of likely N-dealkylation sites (N-methyl/N-ethyl adjacent to an activating group) is 2. The van der Waals surface area contributed by atoms with Crippen molar-refractivity contribution >= 4 is 0 Å². The molecule has 2 rings (SSSR count). The van der Waals surface area contributed by atoms with Crippen LogP contribution in [-0.4, -0.2) is 57.0 Å². The molecule has 0 spiro atoms. The molecule has 0 heterocycles. The molecule has 0 bridgehead atoms. The van der Waals surface area contributed by atoms with Crippen molar-refractivity contribution in [1.82, 2.24) is 14.7 Å². The summed E-state index contributed by atoms with van der Waals surface area (Å²) in [6.45, 7) is 0. The third-order valence-corrected chi connectivity index (χ3v) is 4.30. The maximum absolute atomic E-state index is 3.78. The average molecular weight is 441 g/mol. The zero-order valence-electron chi connectivity index (χ0n) is 13.8. The summed E-state index contributed by atoms with van der Waals surface area (Å²) in [6.07, 6.45) is 9.27. The molecule has 1 unspecified atom stereocenters. The molecule has 0 amide bonds. The predicted molar refractivity (Wildman–Crippen MR) is 80.3 cm³/mol. The van der Waals surface area contributed by atoms with Gasteiger partial charge in [-0.2, -0.15) is 0 Å². The molecule has 0 aromatic carbocycles. The fourth-order valence-corrected chi connectivity index (χ4v) is 3.46. The van der Waals surface area contributed by atoms with Crippen LogP contribution in [0.15, 0.2) is 17.1 Å². The minimum Gasteiger partial charge on any atom is -0.450 e. The van der Waals surface area contributed by atoms with Crippen LogP contribution in [0.2, 0.25) is 0 Å². The Morgan fingerprint density at radius 3 is 1.80 bits per heavy atom. The zero-order chi connectivity index (χ0) is 14.2. The predicted octanol–water partition coefficient (Wildman–Crippen LogP) is 2.39. The Bertz CT molecular complexity index is 391. The van der Waals surface area contributed by atoms with Crippen molar-refractivity contribution in [3.05, 3.63) is 23.2 Å². The standard InChI is InChI=1S/C16H28N3.Hf/c1-17(2)14-11-13(12-9-7-8-10-12)15(18(3)4)16(14)19(5)6;/h12-13H,7-10H2,1-6H3;/q-1;. The minimum atomic E-state index is 0. The van der Waals surface area contributed by atoms with E-state index in [-0.39, 0.29) is 25.8 Å². The van der Waals surface area contributed by atoms with Crippen LogP contribution < -0.4 is 0 Å². The minimum absolute atomic E-state index is 0. The maximum atomic E-state index is 3.78. The molecule has 4 heteroatoms. The first-order valence-electron chi connectivity index (χ1n) is 7.33. The van der Waals surface area contributed by atoms with E-state index in [0.717, 1.165) is 5.92 Å². The Morgan fingerprint density at radius 2 is 1.40 bits per heavy atom. The summed E-state index contributed by atoms with van der Waals surface area (Å²) in [6, 6.07) is 0. The van der Waals surface area contributed by atoms with Gasteiger partial charge in [0.05, 0.1) is 0 Å². The van der Waals surface area contributed by atoms with Gasteiger partial charge in [-0.3, -0.25) is 0 Å². The number of hydrogen-bond donors (Lipinski definition) is 0. The molecule has 112 valence electrons. The number of hydrogen-bond acceptors (Lipinski definition) is 3. The van der Waals surface area contributed by atoms with E-state index in [1.165, 1.54) is 42.8 Å². The zero-order valence-corrected chi connectivity index (χ0v) is 17.4. The van der Waals surface area contributed by atoms with E-state index in [1.807, 2.05) is 0 Å². The van der Waals surface area contributed by atoms with Crippen LogP contribution >= 0.6 is 0 Å². The van der Waals surface area contributed by atoms with Crippen LogP contribution in [0.3, 0.4) is 0 Å². The number of rotatable bonds is 4. The van der Waals surface area contributed by atoms with Gasteiger partial charge in [-0.05, 0) is 20.0 Å². The van der Waals surface area contributed by atoms with Crippen LogP contribution in [-0.2, 0) is 25.8 Å². The van der Waals surface area contributed by atoms with Crippen LogP contribution in [0, 0.1) is 17.9 Å². The molecular weight excluding hydrogens is 413 g/mol. The average Bonchev–Trinajstić information content (AvgIpc) is 2.95. The smallest absolute Gasteiger partial charge is 0.00429 e. The summed E-state index contributed by atoms with van der Waals surface area (Å²) < 4.78 is 0. The van der Waals surface area contributed by atoms with Gasteiger partial charge in [0.2, 0.25) is 0 Å². The summed E-state index contributed by atoms with van der Waals surface area (Å²) in [5.74, 6) is 1.26. The van der Waals surface area contributed by atoms with E-state index in [4.69, 9.17) is 0 Å². The molecule has 3 nitrogen and oxygen atoms in total. The molecule has 1 saturated carbocycles. The van der Waals surface area contributed by atoms with Gasteiger partial charge in [-0.25, -0.2) is 6.08 Å². The Morgan fingerprint density at radius 1 is 0.850 bits per heavy atom. The molecule has 2 aliphatic carbocycles. The fourth-order valence-electron chi connectivity index (χ4n) is 3.46. The van der Waals surface area contributed by atoms with E-state index in [1.54, 1.807) is 0 Å². The van der Waals surface area contributed by atoms with Gasteiger partial charge in [0, 0.05) is 54.0 Å². The maximum Gasteiger partial charge on any atom is 0.00429 e. The molecular formula is C16H28HfN3-.